The van der Waals surface area contributed by atoms with Gasteiger partial charge in [0.15, 0.2) is 23.4 Å². The Morgan fingerprint density at radius 2 is 1.58 bits per heavy atom. The molecular formula is C18H17BrO5. The lowest BCUT2D eigenvalue weighted by Crippen LogP contribution is -2.09. The zero-order valence-corrected chi connectivity index (χ0v) is 15.1. The summed E-state index contributed by atoms with van der Waals surface area (Å²) in [5.74, 6) is 1.24. The molecule has 24 heavy (non-hydrogen) atoms. The Bertz CT molecular complexity index is 731. The number of epoxide rings is 1. The van der Waals surface area contributed by atoms with Crippen molar-refractivity contribution in [3.05, 3.63) is 52.0 Å². The maximum absolute atomic E-state index is 12.7. The Morgan fingerprint density at radius 1 is 1.00 bits per heavy atom. The van der Waals surface area contributed by atoms with Crippen molar-refractivity contribution in [2.24, 2.45) is 0 Å². The largest absolute Gasteiger partial charge is 0.493 e. The minimum absolute atomic E-state index is 0.109. The van der Waals surface area contributed by atoms with Crippen LogP contribution in [0.3, 0.4) is 0 Å². The summed E-state index contributed by atoms with van der Waals surface area (Å²) >= 11 is 3.39. The lowest BCUT2D eigenvalue weighted by atomic mass is 10.0. The van der Waals surface area contributed by atoms with E-state index in [1.807, 2.05) is 24.3 Å². The van der Waals surface area contributed by atoms with E-state index in [1.165, 1.54) is 21.3 Å². The fraction of sp³-hybridized carbons (Fsp3) is 0.278. The first-order chi connectivity index (χ1) is 11.6. The number of ketones is 1. The molecule has 0 unspecified atom stereocenters. The molecule has 1 heterocycles. The Balaban J connectivity index is 1.85. The van der Waals surface area contributed by atoms with E-state index in [1.54, 1.807) is 12.1 Å². The van der Waals surface area contributed by atoms with Crippen LogP contribution in [-0.2, 0) is 4.74 Å². The van der Waals surface area contributed by atoms with Crippen LogP contribution in [0, 0.1) is 0 Å². The second kappa shape index (κ2) is 6.83. The molecule has 1 aliphatic heterocycles. The number of benzene rings is 2. The van der Waals surface area contributed by atoms with E-state index < -0.39 is 6.10 Å². The maximum Gasteiger partial charge on any atom is 0.203 e. The van der Waals surface area contributed by atoms with Gasteiger partial charge in [-0.15, -0.1) is 0 Å². The fourth-order valence-electron chi connectivity index (χ4n) is 2.61. The van der Waals surface area contributed by atoms with Crippen molar-refractivity contribution in [3.8, 4) is 17.2 Å². The number of hydrogen-bond acceptors (Lipinski definition) is 5. The topological polar surface area (TPSA) is 57.3 Å². The first-order valence-electron chi connectivity index (χ1n) is 7.34. The van der Waals surface area contributed by atoms with Gasteiger partial charge in [-0.1, -0.05) is 28.1 Å². The molecule has 1 fully saturated rings. The highest BCUT2D eigenvalue weighted by Gasteiger charge is 2.46. The molecule has 1 aliphatic rings. The van der Waals surface area contributed by atoms with Crippen molar-refractivity contribution in [1.82, 2.24) is 0 Å². The van der Waals surface area contributed by atoms with Gasteiger partial charge in [-0.05, 0) is 29.8 Å². The van der Waals surface area contributed by atoms with E-state index in [0.717, 1.165) is 10.0 Å². The zero-order chi connectivity index (χ0) is 17.3. The molecule has 126 valence electrons. The molecule has 0 saturated carbocycles. The van der Waals surface area contributed by atoms with Crippen LogP contribution < -0.4 is 14.2 Å². The van der Waals surface area contributed by atoms with Gasteiger partial charge >= 0.3 is 0 Å². The SMILES string of the molecule is COc1cc(C(=O)[C@H]2O[C@@H]2c2ccc(Br)cc2)cc(OC)c1OC. The summed E-state index contributed by atoms with van der Waals surface area (Å²) in [4.78, 5) is 12.7. The number of ether oxygens (including phenoxy) is 4. The highest BCUT2D eigenvalue weighted by molar-refractivity contribution is 9.10. The van der Waals surface area contributed by atoms with Crippen LogP contribution in [0.25, 0.3) is 0 Å². The summed E-state index contributed by atoms with van der Waals surface area (Å²) < 4.78 is 22.4. The van der Waals surface area contributed by atoms with Gasteiger partial charge in [-0.3, -0.25) is 4.79 Å². The van der Waals surface area contributed by atoms with Gasteiger partial charge in [0.05, 0.1) is 21.3 Å². The molecule has 0 aliphatic carbocycles. The summed E-state index contributed by atoms with van der Waals surface area (Å²) in [6.45, 7) is 0. The molecular weight excluding hydrogens is 376 g/mol. The summed E-state index contributed by atoms with van der Waals surface area (Å²) in [7, 11) is 4.56. The molecule has 0 radical (unpaired) electrons. The van der Waals surface area contributed by atoms with Crippen LogP contribution >= 0.6 is 15.9 Å². The second-order valence-electron chi connectivity index (χ2n) is 5.31. The molecule has 0 N–H and O–H groups in total. The number of carbonyl (C=O) groups is 1. The number of carbonyl (C=O) groups excluding carboxylic acids is 1. The van der Waals surface area contributed by atoms with Crippen molar-refractivity contribution in [2.45, 2.75) is 12.2 Å². The monoisotopic (exact) mass is 392 g/mol. The van der Waals surface area contributed by atoms with Crippen LogP contribution in [0.4, 0.5) is 0 Å². The average Bonchev–Trinajstić information content (AvgIpc) is 3.41. The van der Waals surface area contributed by atoms with Crippen LogP contribution in [0.5, 0.6) is 17.2 Å². The first kappa shape index (κ1) is 16.8. The van der Waals surface area contributed by atoms with Crippen LogP contribution in [0.2, 0.25) is 0 Å². The van der Waals surface area contributed by atoms with Gasteiger partial charge < -0.3 is 18.9 Å². The second-order valence-corrected chi connectivity index (χ2v) is 6.22. The zero-order valence-electron chi connectivity index (χ0n) is 13.5. The molecule has 3 rings (SSSR count). The van der Waals surface area contributed by atoms with Gasteiger partial charge in [0.2, 0.25) is 5.75 Å². The minimum atomic E-state index is -0.492. The summed E-state index contributed by atoms with van der Waals surface area (Å²) in [5, 5.41) is 0. The molecule has 2 atom stereocenters. The van der Waals surface area contributed by atoms with E-state index in [4.69, 9.17) is 18.9 Å². The van der Waals surface area contributed by atoms with Gasteiger partial charge in [0.1, 0.15) is 6.10 Å². The quantitative estimate of drug-likeness (QED) is 0.552. The van der Waals surface area contributed by atoms with Crippen molar-refractivity contribution in [2.75, 3.05) is 21.3 Å². The Labute approximate surface area is 148 Å². The van der Waals surface area contributed by atoms with Gasteiger partial charge in [-0.2, -0.15) is 0 Å². The van der Waals surface area contributed by atoms with Crippen molar-refractivity contribution >= 4 is 21.7 Å². The van der Waals surface area contributed by atoms with E-state index in [0.29, 0.717) is 22.8 Å². The van der Waals surface area contributed by atoms with Gasteiger partial charge in [0.25, 0.3) is 0 Å². The maximum atomic E-state index is 12.7. The van der Waals surface area contributed by atoms with Gasteiger partial charge in [-0.25, -0.2) is 0 Å². The molecule has 0 spiro atoms. The van der Waals surface area contributed by atoms with Crippen molar-refractivity contribution in [3.63, 3.8) is 0 Å². The summed E-state index contributed by atoms with van der Waals surface area (Å²) in [6, 6.07) is 11.0. The van der Waals surface area contributed by atoms with Gasteiger partial charge in [0, 0.05) is 10.0 Å². The first-order valence-corrected chi connectivity index (χ1v) is 8.13. The molecule has 0 amide bonds. The van der Waals surface area contributed by atoms with E-state index in [9.17, 15) is 4.79 Å². The molecule has 0 aromatic heterocycles. The number of rotatable bonds is 6. The molecule has 2 aromatic rings. The summed E-state index contributed by atoms with van der Waals surface area (Å²) in [5.41, 5.74) is 1.44. The predicted octanol–water partition coefficient (Wildman–Crippen LogP) is 3.80. The number of halogens is 1. The lowest BCUT2D eigenvalue weighted by molar-refractivity contribution is 0.0953. The predicted molar refractivity (Wildman–Crippen MR) is 92.2 cm³/mol. The average molecular weight is 393 g/mol. The Morgan fingerprint density at radius 3 is 2.08 bits per heavy atom. The lowest BCUT2D eigenvalue weighted by Gasteiger charge is -2.13. The van der Waals surface area contributed by atoms with Crippen LogP contribution in [-0.4, -0.2) is 33.2 Å². The van der Waals surface area contributed by atoms with Crippen LogP contribution in [0.15, 0.2) is 40.9 Å². The van der Waals surface area contributed by atoms with E-state index >= 15 is 0 Å². The number of methoxy groups -OCH3 is 3. The van der Waals surface area contributed by atoms with Crippen molar-refractivity contribution in [1.29, 1.82) is 0 Å². The fourth-order valence-corrected chi connectivity index (χ4v) is 2.87. The van der Waals surface area contributed by atoms with Crippen molar-refractivity contribution < 1.29 is 23.7 Å². The smallest absolute Gasteiger partial charge is 0.203 e. The number of Topliss-reactive ketones (excluding diaryl/α,β-unsaturated/α-hetero) is 1. The Hall–Kier alpha value is -2.05. The number of hydrogen-bond donors (Lipinski definition) is 0. The van der Waals surface area contributed by atoms with E-state index in [2.05, 4.69) is 15.9 Å². The standard InChI is InChI=1S/C18H17BrO5/c1-21-13-8-11(9-14(22-2)17(13)23-3)15(20)18-16(24-18)10-4-6-12(19)7-5-10/h4-9,16,18H,1-3H3/t16-,18-/m1/s1. The third-order valence-electron chi connectivity index (χ3n) is 3.90. The third-order valence-corrected chi connectivity index (χ3v) is 4.43. The van der Waals surface area contributed by atoms with Crippen LogP contribution in [0.1, 0.15) is 22.0 Å². The molecule has 6 heteroatoms. The Kier molecular flexibility index (Phi) is 4.78. The highest BCUT2D eigenvalue weighted by atomic mass is 79.9. The third kappa shape index (κ3) is 3.12. The summed E-state index contributed by atoms with van der Waals surface area (Å²) in [6.07, 6.45) is -0.710. The molecule has 1 saturated heterocycles. The molecule has 2 aromatic carbocycles. The minimum Gasteiger partial charge on any atom is -0.493 e. The highest BCUT2D eigenvalue weighted by Crippen LogP contribution is 2.43. The van der Waals surface area contributed by atoms with E-state index in [-0.39, 0.29) is 11.9 Å². The molecule has 0 bridgehead atoms. The normalized spacial score (nSPS) is 18.8. The molecule has 5 nitrogen and oxygen atoms in total.